The molecule has 1 N–H and O–H groups in total. The van der Waals surface area contributed by atoms with Crippen LogP contribution in [-0.2, 0) is 13.2 Å². The average molecular weight is 407 g/mol. The number of aliphatic hydroxyl groups is 1. The van der Waals surface area contributed by atoms with Gasteiger partial charge in [-0.05, 0) is 19.1 Å². The van der Waals surface area contributed by atoms with Gasteiger partial charge in [-0.15, -0.1) is 0 Å². The largest absolute Gasteiger partial charge is 0.456 e. The van der Waals surface area contributed by atoms with Gasteiger partial charge < -0.3 is 9.52 Å². The maximum Gasteiger partial charge on any atom is 0.431 e. The molecule has 2 heterocycles. The molecule has 0 spiro atoms. The Bertz CT molecular complexity index is 1170. The van der Waals surface area contributed by atoms with E-state index in [-0.39, 0.29) is 37.0 Å². The van der Waals surface area contributed by atoms with Gasteiger partial charge in [-0.25, -0.2) is 13.8 Å². The Balaban J connectivity index is 2.45. The van der Waals surface area contributed by atoms with Gasteiger partial charge in [-0.2, -0.15) is 13.2 Å². The highest BCUT2D eigenvalue weighted by molar-refractivity contribution is 6.35. The first kappa shape index (κ1) is 19.2. The molecule has 0 radical (unpaired) electrons. The van der Waals surface area contributed by atoms with Crippen LogP contribution in [0.1, 0.15) is 24.5 Å². The molecule has 1 unspecified atom stereocenters. The molecule has 0 aliphatic carbocycles. The van der Waals surface area contributed by atoms with Crippen LogP contribution in [0.15, 0.2) is 32.2 Å². The highest BCUT2D eigenvalue weighted by Crippen LogP contribution is 2.35. The molecule has 0 aliphatic heterocycles. The van der Waals surface area contributed by atoms with E-state index in [4.69, 9.17) is 16.0 Å². The van der Waals surface area contributed by atoms with Crippen molar-refractivity contribution in [1.82, 2.24) is 9.13 Å². The van der Waals surface area contributed by atoms with Crippen molar-refractivity contribution in [2.75, 3.05) is 0 Å². The van der Waals surface area contributed by atoms with Crippen molar-refractivity contribution < 1.29 is 27.1 Å². The van der Waals surface area contributed by atoms with Crippen molar-refractivity contribution in [2.24, 2.45) is 7.05 Å². The van der Waals surface area contributed by atoms with Crippen molar-refractivity contribution in [3.05, 3.63) is 61.3 Å². The lowest BCUT2D eigenvalue weighted by Gasteiger charge is -2.14. The van der Waals surface area contributed by atoms with Crippen LogP contribution in [0, 0.1) is 5.82 Å². The van der Waals surface area contributed by atoms with Crippen molar-refractivity contribution in [3.63, 3.8) is 0 Å². The van der Waals surface area contributed by atoms with E-state index in [9.17, 15) is 32.3 Å². The van der Waals surface area contributed by atoms with Crippen LogP contribution in [0.2, 0.25) is 5.02 Å². The maximum absolute atomic E-state index is 14.6. The van der Waals surface area contributed by atoms with Crippen LogP contribution >= 0.6 is 11.6 Å². The predicted molar refractivity (Wildman–Crippen MR) is 87.7 cm³/mol. The molecule has 0 aliphatic rings. The lowest BCUT2D eigenvalue weighted by molar-refractivity contribution is -0.144. The fourth-order valence-corrected chi connectivity index (χ4v) is 2.88. The molecule has 1 atom stereocenters. The summed E-state index contributed by atoms with van der Waals surface area (Å²) in [6.45, 7) is 1.35. The third-order valence-electron chi connectivity index (χ3n) is 3.95. The number of benzene rings is 1. The van der Waals surface area contributed by atoms with Crippen LogP contribution in [0.4, 0.5) is 17.6 Å². The average Bonchev–Trinajstić information content (AvgIpc) is 2.98. The van der Waals surface area contributed by atoms with Gasteiger partial charge >= 0.3 is 11.9 Å². The van der Waals surface area contributed by atoms with Gasteiger partial charge in [0.1, 0.15) is 23.2 Å². The van der Waals surface area contributed by atoms with E-state index in [2.05, 4.69) is 0 Å². The number of rotatable bonds is 2. The van der Waals surface area contributed by atoms with Crippen LogP contribution in [0.5, 0.6) is 0 Å². The Morgan fingerprint density at radius 2 is 1.85 bits per heavy atom. The molecular weight excluding hydrogens is 396 g/mol. The summed E-state index contributed by atoms with van der Waals surface area (Å²) in [6, 6.07) is 2.26. The number of hydrogen-bond donors (Lipinski definition) is 1. The second kappa shape index (κ2) is 6.24. The molecule has 6 nitrogen and oxygen atoms in total. The molecule has 1 aromatic carbocycles. The normalized spacial score (nSPS) is 13.3. The standard InChI is InChI=1S/C16H11ClF4N2O4/c1-6(24)10-3-7-8(17)4-9(18)13(14(7)27-10)23-12(25)5-11(16(19,20)21)22(2)15(23)26/h3-6,24H,1-2H3. The van der Waals surface area contributed by atoms with E-state index < -0.39 is 40.7 Å². The van der Waals surface area contributed by atoms with Crippen molar-refractivity contribution in [2.45, 2.75) is 19.2 Å². The fourth-order valence-electron chi connectivity index (χ4n) is 2.65. The van der Waals surface area contributed by atoms with E-state index >= 15 is 0 Å². The van der Waals surface area contributed by atoms with E-state index in [0.717, 1.165) is 13.1 Å². The second-order valence-corrected chi connectivity index (χ2v) is 6.21. The molecule has 3 rings (SSSR count). The van der Waals surface area contributed by atoms with E-state index in [1.165, 1.54) is 13.0 Å². The number of fused-ring (bicyclic) bond motifs is 1. The molecule has 0 bridgehead atoms. The monoisotopic (exact) mass is 406 g/mol. The molecule has 0 fully saturated rings. The summed E-state index contributed by atoms with van der Waals surface area (Å²) in [7, 11) is 0.801. The van der Waals surface area contributed by atoms with E-state index in [1.807, 2.05) is 0 Å². The Hall–Kier alpha value is -2.59. The van der Waals surface area contributed by atoms with Crippen LogP contribution in [0.3, 0.4) is 0 Å². The Morgan fingerprint density at radius 1 is 1.22 bits per heavy atom. The highest BCUT2D eigenvalue weighted by atomic mass is 35.5. The van der Waals surface area contributed by atoms with Crippen LogP contribution in [-0.4, -0.2) is 14.2 Å². The first-order valence-corrected chi connectivity index (χ1v) is 7.81. The van der Waals surface area contributed by atoms with Gasteiger partial charge in [0.05, 0.1) is 5.02 Å². The first-order chi connectivity index (χ1) is 12.4. The summed E-state index contributed by atoms with van der Waals surface area (Å²) in [4.78, 5) is 24.7. The zero-order chi connectivity index (χ0) is 20.3. The van der Waals surface area contributed by atoms with Gasteiger partial charge in [-0.1, -0.05) is 11.6 Å². The van der Waals surface area contributed by atoms with Crippen LogP contribution < -0.4 is 11.2 Å². The summed E-state index contributed by atoms with van der Waals surface area (Å²) in [6.07, 6.45) is -6.07. The summed E-state index contributed by atoms with van der Waals surface area (Å²) >= 11 is 5.93. The topological polar surface area (TPSA) is 77.4 Å². The minimum atomic E-state index is -4.95. The lowest BCUT2D eigenvalue weighted by Crippen LogP contribution is -2.41. The number of hydrogen-bond acceptors (Lipinski definition) is 4. The molecule has 11 heteroatoms. The zero-order valence-electron chi connectivity index (χ0n) is 13.8. The second-order valence-electron chi connectivity index (χ2n) is 5.80. The maximum atomic E-state index is 14.6. The van der Waals surface area contributed by atoms with Crippen molar-refractivity contribution in [1.29, 1.82) is 0 Å². The van der Waals surface area contributed by atoms with E-state index in [1.54, 1.807) is 0 Å². The summed E-state index contributed by atoms with van der Waals surface area (Å²) in [5.41, 5.74) is -5.35. The van der Waals surface area contributed by atoms with Crippen molar-refractivity contribution in [3.8, 4) is 5.69 Å². The minimum Gasteiger partial charge on any atom is -0.456 e. The van der Waals surface area contributed by atoms with E-state index in [0.29, 0.717) is 0 Å². The smallest absolute Gasteiger partial charge is 0.431 e. The number of furan rings is 1. The molecule has 0 saturated heterocycles. The van der Waals surface area contributed by atoms with Gasteiger partial charge in [0.25, 0.3) is 5.56 Å². The zero-order valence-corrected chi connectivity index (χ0v) is 14.5. The van der Waals surface area contributed by atoms with Gasteiger partial charge in [0.15, 0.2) is 11.4 Å². The summed E-state index contributed by atoms with van der Waals surface area (Å²) < 4.78 is 59.2. The van der Waals surface area contributed by atoms with Gasteiger partial charge in [0, 0.05) is 18.5 Å². The fraction of sp³-hybridized carbons (Fsp3) is 0.250. The number of halogens is 5. The minimum absolute atomic E-state index is 0.0319. The number of nitrogens with zero attached hydrogens (tertiary/aromatic N) is 2. The Kier molecular flexibility index (Phi) is 4.43. The highest BCUT2D eigenvalue weighted by Gasteiger charge is 2.35. The first-order valence-electron chi connectivity index (χ1n) is 7.43. The third kappa shape index (κ3) is 3.04. The summed E-state index contributed by atoms with van der Waals surface area (Å²) in [5, 5.41) is 9.59. The van der Waals surface area contributed by atoms with Crippen molar-refractivity contribution >= 4 is 22.6 Å². The SMILES string of the molecule is CC(O)c1cc2c(Cl)cc(F)c(-n3c(=O)cc(C(F)(F)F)n(C)c3=O)c2o1. The molecular formula is C16H11ClF4N2O4. The Labute approximate surface area is 152 Å². The molecule has 0 amide bonds. The Morgan fingerprint density at radius 3 is 2.41 bits per heavy atom. The predicted octanol–water partition coefficient (Wildman–Crippen LogP) is 3.15. The molecule has 2 aromatic heterocycles. The number of alkyl halides is 3. The molecule has 144 valence electrons. The molecule has 27 heavy (non-hydrogen) atoms. The molecule has 3 aromatic rings. The quantitative estimate of drug-likeness (QED) is 0.663. The molecule has 0 saturated carbocycles. The third-order valence-corrected chi connectivity index (χ3v) is 4.26. The number of aromatic nitrogens is 2. The van der Waals surface area contributed by atoms with Gasteiger partial charge in [-0.3, -0.25) is 9.36 Å². The lowest BCUT2D eigenvalue weighted by atomic mass is 10.2. The van der Waals surface area contributed by atoms with Gasteiger partial charge in [0.2, 0.25) is 0 Å². The summed E-state index contributed by atoms with van der Waals surface area (Å²) in [5.74, 6) is -1.19. The number of aliphatic hydroxyl groups excluding tert-OH is 1. The van der Waals surface area contributed by atoms with Crippen LogP contribution in [0.25, 0.3) is 16.7 Å².